The molecule has 1 aliphatic carbocycles. The Hall–Kier alpha value is -0.270. The van der Waals surface area contributed by atoms with Crippen LogP contribution in [-0.2, 0) is 14.6 Å². The SMILES string of the molecule is CS(=O)(=O)C1CSCCN1C(=O)C1CC12CCNCC2. The number of piperidine rings is 1. The van der Waals surface area contributed by atoms with Gasteiger partial charge in [0.15, 0.2) is 9.84 Å². The van der Waals surface area contributed by atoms with Gasteiger partial charge in [-0.2, -0.15) is 11.8 Å². The number of rotatable bonds is 2. The predicted octanol–water partition coefficient (Wildman–Crippen LogP) is 0.322. The summed E-state index contributed by atoms with van der Waals surface area (Å²) in [5, 5.41) is 2.71. The first-order valence-electron chi connectivity index (χ1n) is 7.22. The minimum absolute atomic E-state index is 0.0666. The molecule has 2 unspecified atom stereocenters. The van der Waals surface area contributed by atoms with Crippen LogP contribution < -0.4 is 5.32 Å². The molecular weight excluding hydrogens is 296 g/mol. The van der Waals surface area contributed by atoms with E-state index in [2.05, 4.69) is 5.32 Å². The van der Waals surface area contributed by atoms with Crippen molar-refractivity contribution in [3.8, 4) is 0 Å². The van der Waals surface area contributed by atoms with Gasteiger partial charge in [-0.05, 0) is 37.8 Å². The highest BCUT2D eigenvalue weighted by Crippen LogP contribution is 2.59. The second kappa shape index (κ2) is 5.18. The molecule has 1 spiro atoms. The Labute approximate surface area is 124 Å². The van der Waals surface area contributed by atoms with Gasteiger partial charge in [-0.1, -0.05) is 0 Å². The molecule has 0 aromatic carbocycles. The lowest BCUT2D eigenvalue weighted by Gasteiger charge is -2.35. The normalized spacial score (nSPS) is 33.1. The molecule has 1 saturated carbocycles. The number of nitrogens with one attached hydrogen (secondary N) is 1. The maximum atomic E-state index is 12.7. The second-order valence-corrected chi connectivity index (χ2v) is 9.61. The van der Waals surface area contributed by atoms with Crippen molar-refractivity contribution in [1.82, 2.24) is 10.2 Å². The fourth-order valence-electron chi connectivity index (χ4n) is 3.56. The monoisotopic (exact) mass is 318 g/mol. The van der Waals surface area contributed by atoms with E-state index >= 15 is 0 Å². The third-order valence-electron chi connectivity index (χ3n) is 4.95. The Morgan fingerprint density at radius 2 is 2.05 bits per heavy atom. The molecule has 1 amide bonds. The molecule has 3 rings (SSSR count). The Morgan fingerprint density at radius 1 is 1.35 bits per heavy atom. The molecule has 5 nitrogen and oxygen atoms in total. The smallest absolute Gasteiger partial charge is 0.227 e. The first-order valence-corrected chi connectivity index (χ1v) is 10.3. The third kappa shape index (κ3) is 2.60. The molecule has 20 heavy (non-hydrogen) atoms. The van der Waals surface area contributed by atoms with Crippen LogP contribution in [0.3, 0.4) is 0 Å². The summed E-state index contributed by atoms with van der Waals surface area (Å²) in [4.78, 5) is 14.4. The van der Waals surface area contributed by atoms with Gasteiger partial charge < -0.3 is 10.2 Å². The standard InChI is InChI=1S/C13H22N2O3S2/c1-20(17,18)11-9-19-7-6-15(11)12(16)10-8-13(10)2-4-14-5-3-13/h10-11,14H,2-9H2,1H3. The van der Waals surface area contributed by atoms with Crippen molar-refractivity contribution >= 4 is 27.5 Å². The summed E-state index contributed by atoms with van der Waals surface area (Å²) in [5.41, 5.74) is 0.176. The molecule has 3 aliphatic rings. The number of hydrogen-bond donors (Lipinski definition) is 1. The van der Waals surface area contributed by atoms with Crippen LogP contribution in [0.5, 0.6) is 0 Å². The zero-order valence-corrected chi connectivity index (χ0v) is 13.4. The molecule has 3 fully saturated rings. The summed E-state index contributed by atoms with van der Waals surface area (Å²) in [6.07, 6.45) is 4.30. The maximum absolute atomic E-state index is 12.7. The zero-order valence-electron chi connectivity index (χ0n) is 11.8. The molecule has 2 atom stereocenters. The van der Waals surface area contributed by atoms with Gasteiger partial charge in [-0.3, -0.25) is 4.79 Å². The van der Waals surface area contributed by atoms with Crippen molar-refractivity contribution in [2.45, 2.75) is 24.6 Å². The first-order chi connectivity index (χ1) is 9.44. The van der Waals surface area contributed by atoms with Crippen LogP contribution in [-0.4, -0.2) is 62.0 Å². The Kier molecular flexibility index (Phi) is 3.79. The van der Waals surface area contributed by atoms with Crippen LogP contribution in [0.1, 0.15) is 19.3 Å². The van der Waals surface area contributed by atoms with Crippen LogP contribution in [0.15, 0.2) is 0 Å². The lowest BCUT2D eigenvalue weighted by molar-refractivity contribution is -0.134. The highest BCUT2D eigenvalue weighted by Gasteiger charge is 2.59. The molecule has 2 heterocycles. The summed E-state index contributed by atoms with van der Waals surface area (Å²) in [6, 6.07) is 0. The number of carbonyl (C=O) groups excluding carboxylic acids is 1. The van der Waals surface area contributed by atoms with E-state index < -0.39 is 15.2 Å². The second-order valence-electron chi connectivity index (χ2n) is 6.26. The predicted molar refractivity (Wildman–Crippen MR) is 80.3 cm³/mol. The molecule has 2 saturated heterocycles. The van der Waals surface area contributed by atoms with Gasteiger partial charge in [-0.25, -0.2) is 8.42 Å². The Bertz CT molecular complexity index is 500. The Balaban J connectivity index is 1.73. The van der Waals surface area contributed by atoms with E-state index in [1.54, 1.807) is 16.7 Å². The highest BCUT2D eigenvalue weighted by molar-refractivity contribution is 8.00. The lowest BCUT2D eigenvalue weighted by atomic mass is 9.91. The van der Waals surface area contributed by atoms with Crippen LogP contribution in [0.4, 0.5) is 0 Å². The number of carbonyl (C=O) groups is 1. The first kappa shape index (κ1) is 14.7. The van der Waals surface area contributed by atoms with E-state index in [-0.39, 0.29) is 17.2 Å². The van der Waals surface area contributed by atoms with Crippen LogP contribution in [0.2, 0.25) is 0 Å². The lowest BCUT2D eigenvalue weighted by Crippen LogP contribution is -2.51. The van der Waals surface area contributed by atoms with Crippen molar-refractivity contribution in [1.29, 1.82) is 0 Å². The number of nitrogens with zero attached hydrogens (tertiary/aromatic N) is 1. The number of hydrogen-bond acceptors (Lipinski definition) is 5. The van der Waals surface area contributed by atoms with Crippen molar-refractivity contribution < 1.29 is 13.2 Å². The summed E-state index contributed by atoms with van der Waals surface area (Å²) < 4.78 is 23.8. The zero-order chi connectivity index (χ0) is 14.4. The van der Waals surface area contributed by atoms with Crippen LogP contribution >= 0.6 is 11.8 Å². The summed E-state index contributed by atoms with van der Waals surface area (Å²) in [6.45, 7) is 2.54. The van der Waals surface area contributed by atoms with Gasteiger partial charge in [0.1, 0.15) is 5.37 Å². The highest BCUT2D eigenvalue weighted by atomic mass is 32.2. The van der Waals surface area contributed by atoms with E-state index in [9.17, 15) is 13.2 Å². The summed E-state index contributed by atoms with van der Waals surface area (Å²) in [7, 11) is -3.20. The molecule has 7 heteroatoms. The minimum atomic E-state index is -3.20. The third-order valence-corrected chi connectivity index (χ3v) is 7.59. The van der Waals surface area contributed by atoms with Gasteiger partial charge >= 0.3 is 0 Å². The fourth-order valence-corrected chi connectivity index (χ4v) is 6.39. The molecule has 0 bridgehead atoms. The summed E-state index contributed by atoms with van der Waals surface area (Å²) in [5.74, 6) is 1.52. The number of thioether (sulfide) groups is 1. The van der Waals surface area contributed by atoms with Crippen molar-refractivity contribution in [3.63, 3.8) is 0 Å². The van der Waals surface area contributed by atoms with Crippen molar-refractivity contribution in [3.05, 3.63) is 0 Å². The molecule has 0 radical (unpaired) electrons. The molecule has 2 aliphatic heterocycles. The number of sulfone groups is 1. The van der Waals surface area contributed by atoms with E-state index in [0.717, 1.165) is 38.1 Å². The van der Waals surface area contributed by atoms with Gasteiger partial charge in [0, 0.05) is 30.2 Å². The van der Waals surface area contributed by atoms with Gasteiger partial charge in [0.25, 0.3) is 0 Å². The molecule has 1 N–H and O–H groups in total. The fraction of sp³-hybridized carbons (Fsp3) is 0.923. The van der Waals surface area contributed by atoms with Gasteiger partial charge in [-0.15, -0.1) is 0 Å². The van der Waals surface area contributed by atoms with Gasteiger partial charge in [0.2, 0.25) is 5.91 Å². The summed E-state index contributed by atoms with van der Waals surface area (Å²) >= 11 is 1.63. The van der Waals surface area contributed by atoms with E-state index in [4.69, 9.17) is 0 Å². The number of amides is 1. The molecule has 114 valence electrons. The van der Waals surface area contributed by atoms with E-state index in [1.165, 1.54) is 6.26 Å². The maximum Gasteiger partial charge on any atom is 0.227 e. The molecule has 0 aromatic heterocycles. The molecule has 0 aromatic rings. The average molecular weight is 318 g/mol. The topological polar surface area (TPSA) is 66.5 Å². The van der Waals surface area contributed by atoms with Crippen molar-refractivity contribution in [2.75, 3.05) is 37.4 Å². The average Bonchev–Trinajstić information content (AvgIpc) is 3.11. The largest absolute Gasteiger partial charge is 0.324 e. The molecular formula is C13H22N2O3S2. The quantitative estimate of drug-likeness (QED) is 0.794. The van der Waals surface area contributed by atoms with Gasteiger partial charge in [0.05, 0.1) is 0 Å². The van der Waals surface area contributed by atoms with Crippen molar-refractivity contribution in [2.24, 2.45) is 11.3 Å². The van der Waals surface area contributed by atoms with E-state index in [0.29, 0.717) is 12.3 Å². The Morgan fingerprint density at radius 3 is 2.70 bits per heavy atom. The van der Waals surface area contributed by atoms with Crippen LogP contribution in [0, 0.1) is 11.3 Å². The van der Waals surface area contributed by atoms with Crippen LogP contribution in [0.25, 0.3) is 0 Å². The van der Waals surface area contributed by atoms with E-state index in [1.807, 2.05) is 0 Å². The minimum Gasteiger partial charge on any atom is -0.324 e.